The van der Waals surface area contributed by atoms with E-state index in [1.807, 2.05) is 24.0 Å². The number of benzene rings is 1. The van der Waals surface area contributed by atoms with Gasteiger partial charge in [-0.05, 0) is 25.5 Å². The average molecular weight is 260 g/mol. The van der Waals surface area contributed by atoms with Crippen LogP contribution in [0.25, 0.3) is 11.1 Å². The van der Waals surface area contributed by atoms with Crippen LogP contribution < -0.4 is 16.4 Å². The second kappa shape index (κ2) is 3.88. The van der Waals surface area contributed by atoms with Crippen LogP contribution in [0.15, 0.2) is 22.6 Å². The smallest absolute Gasteiger partial charge is 0.298 e. The lowest BCUT2D eigenvalue weighted by Crippen LogP contribution is -2.37. The molecule has 1 unspecified atom stereocenters. The Kier molecular flexibility index (Phi) is 2.41. The van der Waals surface area contributed by atoms with Crippen molar-refractivity contribution in [2.75, 3.05) is 23.7 Å². The molecule has 3 rings (SSSR count). The van der Waals surface area contributed by atoms with Crippen molar-refractivity contribution >= 4 is 28.7 Å². The first kappa shape index (κ1) is 11.8. The molecule has 100 valence electrons. The zero-order valence-corrected chi connectivity index (χ0v) is 10.7. The van der Waals surface area contributed by atoms with Crippen LogP contribution in [0.2, 0.25) is 0 Å². The van der Waals surface area contributed by atoms with Crippen LogP contribution in [0.3, 0.4) is 0 Å². The van der Waals surface area contributed by atoms with E-state index >= 15 is 0 Å². The number of oxazole rings is 1. The summed E-state index contributed by atoms with van der Waals surface area (Å²) in [6, 6.07) is 5.93. The van der Waals surface area contributed by atoms with Gasteiger partial charge in [-0.3, -0.25) is 4.79 Å². The molecule has 1 fully saturated rings. The minimum Gasteiger partial charge on any atom is -0.423 e. The van der Waals surface area contributed by atoms with Gasteiger partial charge in [0.15, 0.2) is 5.58 Å². The molecule has 1 saturated heterocycles. The fourth-order valence-corrected chi connectivity index (χ4v) is 2.42. The van der Waals surface area contributed by atoms with Gasteiger partial charge in [0.05, 0.1) is 11.1 Å². The van der Waals surface area contributed by atoms with Gasteiger partial charge < -0.3 is 20.8 Å². The van der Waals surface area contributed by atoms with E-state index in [4.69, 9.17) is 15.9 Å². The van der Waals surface area contributed by atoms with Gasteiger partial charge in [-0.1, -0.05) is 6.07 Å². The topological polar surface area (TPSA) is 98.4 Å². The molecule has 0 aliphatic carbocycles. The van der Waals surface area contributed by atoms with E-state index in [2.05, 4.69) is 4.98 Å². The van der Waals surface area contributed by atoms with Gasteiger partial charge in [-0.2, -0.15) is 4.98 Å². The standard InChI is InChI=1S/C13H16N4O2/c1-13(11(15)18)5-6-17(7-13)12-16-10-8(14)3-2-4-9(10)19-12/h2-4H,5-7,14H2,1H3,(H2,15,18). The summed E-state index contributed by atoms with van der Waals surface area (Å²) in [6.45, 7) is 3.09. The highest BCUT2D eigenvalue weighted by Gasteiger charge is 2.40. The fourth-order valence-electron chi connectivity index (χ4n) is 2.42. The number of aromatic nitrogens is 1. The summed E-state index contributed by atoms with van der Waals surface area (Å²) in [5.74, 6) is -0.286. The highest BCUT2D eigenvalue weighted by molar-refractivity contribution is 5.87. The number of anilines is 2. The first-order valence-corrected chi connectivity index (χ1v) is 6.19. The summed E-state index contributed by atoms with van der Waals surface area (Å²) in [6.07, 6.45) is 0.705. The molecule has 1 aliphatic heterocycles. The molecule has 6 heteroatoms. The number of nitrogens with two attached hydrogens (primary N) is 2. The van der Waals surface area contributed by atoms with E-state index in [0.29, 0.717) is 42.3 Å². The Labute approximate surface area is 110 Å². The highest BCUT2D eigenvalue weighted by atomic mass is 16.4. The lowest BCUT2D eigenvalue weighted by Gasteiger charge is -2.19. The largest absolute Gasteiger partial charge is 0.423 e. The van der Waals surface area contributed by atoms with Gasteiger partial charge in [0.1, 0.15) is 5.52 Å². The van der Waals surface area contributed by atoms with Gasteiger partial charge >= 0.3 is 0 Å². The van der Waals surface area contributed by atoms with E-state index in [9.17, 15) is 4.79 Å². The molecule has 1 amide bonds. The van der Waals surface area contributed by atoms with E-state index in [1.54, 1.807) is 6.07 Å². The van der Waals surface area contributed by atoms with Crippen molar-refractivity contribution in [1.29, 1.82) is 0 Å². The monoisotopic (exact) mass is 260 g/mol. The Hall–Kier alpha value is -2.24. The molecule has 1 aliphatic rings. The van der Waals surface area contributed by atoms with Gasteiger partial charge in [0.2, 0.25) is 5.91 Å². The molecule has 0 saturated carbocycles. The van der Waals surface area contributed by atoms with Gasteiger partial charge in [0, 0.05) is 13.1 Å². The summed E-state index contributed by atoms with van der Waals surface area (Å²) in [5.41, 5.74) is 12.7. The van der Waals surface area contributed by atoms with Crippen LogP contribution in [0.1, 0.15) is 13.3 Å². The number of primary amides is 1. The first-order valence-electron chi connectivity index (χ1n) is 6.19. The van der Waals surface area contributed by atoms with Crippen molar-refractivity contribution in [3.8, 4) is 0 Å². The normalized spacial score (nSPS) is 23.1. The number of rotatable bonds is 2. The number of para-hydroxylation sites is 1. The molecule has 4 N–H and O–H groups in total. The summed E-state index contributed by atoms with van der Waals surface area (Å²) in [7, 11) is 0. The summed E-state index contributed by atoms with van der Waals surface area (Å²) < 4.78 is 5.69. The number of hydrogen-bond donors (Lipinski definition) is 2. The summed E-state index contributed by atoms with van der Waals surface area (Å²) in [5, 5.41) is 0. The zero-order chi connectivity index (χ0) is 13.6. The maximum absolute atomic E-state index is 11.5. The number of nitrogens with zero attached hydrogens (tertiary/aromatic N) is 2. The van der Waals surface area contributed by atoms with E-state index in [1.165, 1.54) is 0 Å². The Morgan fingerprint density at radius 3 is 2.95 bits per heavy atom. The van der Waals surface area contributed by atoms with E-state index < -0.39 is 5.41 Å². The van der Waals surface area contributed by atoms with Gasteiger partial charge in [-0.25, -0.2) is 0 Å². The minimum atomic E-state index is -0.522. The molecule has 2 aromatic rings. The van der Waals surface area contributed by atoms with Crippen LogP contribution in [0.4, 0.5) is 11.7 Å². The summed E-state index contributed by atoms with van der Waals surface area (Å²) >= 11 is 0. The van der Waals surface area contributed by atoms with Gasteiger partial charge in [0.25, 0.3) is 6.01 Å². The van der Waals surface area contributed by atoms with Crippen LogP contribution >= 0.6 is 0 Å². The molecule has 0 bridgehead atoms. The zero-order valence-electron chi connectivity index (χ0n) is 10.7. The van der Waals surface area contributed by atoms with Crippen LogP contribution in [0.5, 0.6) is 0 Å². The number of nitrogen functional groups attached to an aromatic ring is 1. The number of fused-ring (bicyclic) bond motifs is 1. The Bertz CT molecular complexity index is 651. The van der Waals surface area contributed by atoms with Crippen LogP contribution in [-0.2, 0) is 4.79 Å². The Balaban J connectivity index is 1.94. The molecule has 1 aromatic heterocycles. The van der Waals surface area contributed by atoms with Crippen molar-refractivity contribution in [2.24, 2.45) is 11.1 Å². The molecule has 2 heterocycles. The second-order valence-corrected chi connectivity index (χ2v) is 5.29. The van der Waals surface area contributed by atoms with Crippen molar-refractivity contribution in [3.63, 3.8) is 0 Å². The molecule has 0 spiro atoms. The molecular formula is C13H16N4O2. The second-order valence-electron chi connectivity index (χ2n) is 5.29. The highest BCUT2D eigenvalue weighted by Crippen LogP contribution is 2.34. The van der Waals surface area contributed by atoms with Gasteiger partial charge in [-0.15, -0.1) is 0 Å². The van der Waals surface area contributed by atoms with E-state index in [0.717, 1.165) is 0 Å². The maximum Gasteiger partial charge on any atom is 0.298 e. The SMILES string of the molecule is CC1(C(N)=O)CCN(c2nc3c(N)cccc3o2)C1. The molecule has 0 radical (unpaired) electrons. The van der Waals surface area contributed by atoms with Crippen molar-refractivity contribution < 1.29 is 9.21 Å². The lowest BCUT2D eigenvalue weighted by molar-refractivity contribution is -0.125. The fraction of sp³-hybridized carbons (Fsp3) is 0.385. The average Bonchev–Trinajstić information content (AvgIpc) is 2.94. The predicted octanol–water partition coefficient (Wildman–Crippen LogP) is 1.11. The van der Waals surface area contributed by atoms with Crippen molar-refractivity contribution in [3.05, 3.63) is 18.2 Å². The molecule has 1 aromatic carbocycles. The van der Waals surface area contributed by atoms with Crippen LogP contribution in [-0.4, -0.2) is 24.0 Å². The quantitative estimate of drug-likeness (QED) is 0.788. The number of carbonyl (C=O) groups is 1. The van der Waals surface area contributed by atoms with Crippen molar-refractivity contribution in [1.82, 2.24) is 4.98 Å². The molecular weight excluding hydrogens is 244 g/mol. The van der Waals surface area contributed by atoms with Crippen LogP contribution in [0, 0.1) is 5.41 Å². The number of amides is 1. The first-order chi connectivity index (χ1) is 8.99. The van der Waals surface area contributed by atoms with E-state index in [-0.39, 0.29) is 5.91 Å². The predicted molar refractivity (Wildman–Crippen MR) is 72.6 cm³/mol. The molecule has 1 atom stereocenters. The number of hydrogen-bond acceptors (Lipinski definition) is 5. The lowest BCUT2D eigenvalue weighted by atomic mass is 9.89. The minimum absolute atomic E-state index is 0.286. The Morgan fingerprint density at radius 1 is 1.53 bits per heavy atom. The van der Waals surface area contributed by atoms with Crippen molar-refractivity contribution in [2.45, 2.75) is 13.3 Å². The third-order valence-electron chi connectivity index (χ3n) is 3.78. The Morgan fingerprint density at radius 2 is 2.32 bits per heavy atom. The molecule has 6 nitrogen and oxygen atoms in total. The third kappa shape index (κ3) is 1.80. The summed E-state index contributed by atoms with van der Waals surface area (Å²) in [4.78, 5) is 17.8. The third-order valence-corrected chi connectivity index (χ3v) is 3.78. The maximum atomic E-state index is 11.5. The molecule has 19 heavy (non-hydrogen) atoms. The number of carbonyl (C=O) groups excluding carboxylic acids is 1.